The minimum absolute atomic E-state index is 0.260. The Bertz CT molecular complexity index is 608. The second kappa shape index (κ2) is 5.61. The number of ether oxygens (including phenoxy) is 1. The van der Waals surface area contributed by atoms with Gasteiger partial charge in [-0.3, -0.25) is 4.79 Å². The summed E-state index contributed by atoms with van der Waals surface area (Å²) < 4.78 is 9.95. The van der Waals surface area contributed by atoms with Crippen molar-refractivity contribution >= 4 is 18.0 Å². The summed E-state index contributed by atoms with van der Waals surface area (Å²) in [7, 11) is 1.29. The molecule has 0 bridgehead atoms. The van der Waals surface area contributed by atoms with E-state index in [0.29, 0.717) is 18.0 Å². The van der Waals surface area contributed by atoms with Crippen molar-refractivity contribution in [3.05, 3.63) is 53.7 Å². The fourth-order valence-corrected chi connectivity index (χ4v) is 2.09. The molecule has 2 heterocycles. The van der Waals surface area contributed by atoms with E-state index in [9.17, 15) is 9.59 Å². The lowest BCUT2D eigenvalue weighted by Crippen LogP contribution is -2.24. The number of allylic oxidation sites excluding steroid dienone is 1. The van der Waals surface area contributed by atoms with Crippen molar-refractivity contribution in [1.82, 2.24) is 4.90 Å². The van der Waals surface area contributed by atoms with Crippen molar-refractivity contribution in [3.8, 4) is 0 Å². The van der Waals surface area contributed by atoms with Crippen LogP contribution in [-0.2, 0) is 14.3 Å². The molecule has 0 N–H and O–H groups in total. The molecule has 1 amide bonds. The van der Waals surface area contributed by atoms with Gasteiger partial charge in [0.25, 0.3) is 5.91 Å². The molecule has 0 saturated heterocycles. The van der Waals surface area contributed by atoms with Gasteiger partial charge in [-0.05, 0) is 25.1 Å². The lowest BCUT2D eigenvalue weighted by atomic mass is 10.1. The van der Waals surface area contributed by atoms with Gasteiger partial charge in [-0.1, -0.05) is 6.08 Å². The highest BCUT2D eigenvalue weighted by atomic mass is 16.5. The van der Waals surface area contributed by atoms with Crippen LogP contribution in [0.25, 0.3) is 6.08 Å². The minimum Gasteiger partial charge on any atom is -0.465 e. The Balaban J connectivity index is 2.51. The highest BCUT2D eigenvalue weighted by Gasteiger charge is 2.36. The van der Waals surface area contributed by atoms with E-state index in [4.69, 9.17) is 9.15 Å². The Labute approximate surface area is 116 Å². The minimum atomic E-state index is -0.541. The van der Waals surface area contributed by atoms with Crippen molar-refractivity contribution in [3.63, 3.8) is 0 Å². The van der Waals surface area contributed by atoms with Crippen molar-refractivity contribution in [1.29, 1.82) is 0 Å². The van der Waals surface area contributed by atoms with Gasteiger partial charge in [0, 0.05) is 12.2 Å². The van der Waals surface area contributed by atoms with Crippen LogP contribution in [0.2, 0.25) is 0 Å². The van der Waals surface area contributed by atoms with Crippen molar-refractivity contribution in [2.75, 3.05) is 13.7 Å². The van der Waals surface area contributed by atoms with Gasteiger partial charge in [-0.25, -0.2) is 4.79 Å². The molecule has 104 valence electrons. The number of rotatable bonds is 4. The van der Waals surface area contributed by atoms with Crippen LogP contribution in [0.4, 0.5) is 0 Å². The zero-order valence-corrected chi connectivity index (χ0v) is 11.4. The van der Waals surface area contributed by atoms with E-state index in [1.165, 1.54) is 18.3 Å². The van der Waals surface area contributed by atoms with Crippen molar-refractivity contribution in [2.24, 2.45) is 0 Å². The lowest BCUT2D eigenvalue weighted by molar-refractivity contribution is -0.136. The van der Waals surface area contributed by atoms with Crippen molar-refractivity contribution in [2.45, 2.75) is 6.92 Å². The average molecular weight is 273 g/mol. The van der Waals surface area contributed by atoms with E-state index in [2.05, 4.69) is 6.58 Å². The molecule has 0 fully saturated rings. The molecule has 0 aliphatic carbocycles. The normalized spacial score (nSPS) is 17.0. The maximum atomic E-state index is 12.4. The Hall–Kier alpha value is -2.56. The number of carbonyl (C=O) groups is 2. The van der Waals surface area contributed by atoms with Gasteiger partial charge in [-0.15, -0.1) is 6.58 Å². The molecule has 0 unspecified atom stereocenters. The molecule has 0 radical (unpaired) electrons. The maximum Gasteiger partial charge on any atom is 0.340 e. The second-order valence-corrected chi connectivity index (χ2v) is 4.23. The van der Waals surface area contributed by atoms with Gasteiger partial charge in [-0.2, -0.15) is 0 Å². The number of methoxy groups -OCH3 is 1. The van der Waals surface area contributed by atoms with Gasteiger partial charge in [0.2, 0.25) is 0 Å². The fraction of sp³-hybridized carbons (Fsp3) is 0.200. The lowest BCUT2D eigenvalue weighted by Gasteiger charge is -2.14. The summed E-state index contributed by atoms with van der Waals surface area (Å²) in [5, 5.41) is 0. The van der Waals surface area contributed by atoms with Gasteiger partial charge in [0.15, 0.2) is 0 Å². The van der Waals surface area contributed by atoms with E-state index in [-0.39, 0.29) is 17.1 Å². The number of hydrogen-bond acceptors (Lipinski definition) is 4. The summed E-state index contributed by atoms with van der Waals surface area (Å²) in [6.07, 6.45) is 4.65. The Morgan fingerprint density at radius 3 is 2.85 bits per heavy atom. The first kappa shape index (κ1) is 13.9. The number of nitrogens with zero attached hydrogens (tertiary/aromatic N) is 1. The zero-order chi connectivity index (χ0) is 14.7. The Kier molecular flexibility index (Phi) is 3.89. The van der Waals surface area contributed by atoms with Crippen LogP contribution < -0.4 is 0 Å². The van der Waals surface area contributed by atoms with Crippen LogP contribution in [-0.4, -0.2) is 30.4 Å². The summed E-state index contributed by atoms with van der Waals surface area (Å²) in [6, 6.07) is 3.42. The molecule has 0 aromatic carbocycles. The summed E-state index contributed by atoms with van der Waals surface area (Å²) >= 11 is 0. The standard InChI is InChI=1S/C15H15NO4/c1-4-7-16-10(2)13(15(18)19-3)12(14(16)17)9-11-6-5-8-20-11/h4-6,8-9H,1,7H2,2-3H3. The monoisotopic (exact) mass is 273 g/mol. The summed E-state index contributed by atoms with van der Waals surface area (Å²) in [5.74, 6) is -0.303. The van der Waals surface area contributed by atoms with E-state index < -0.39 is 5.97 Å². The van der Waals surface area contributed by atoms with E-state index in [0.717, 1.165) is 0 Å². The largest absolute Gasteiger partial charge is 0.465 e. The molecule has 5 heteroatoms. The molecule has 0 atom stereocenters. The summed E-state index contributed by atoms with van der Waals surface area (Å²) in [4.78, 5) is 25.8. The molecule has 2 rings (SSSR count). The smallest absolute Gasteiger partial charge is 0.340 e. The Morgan fingerprint density at radius 1 is 1.55 bits per heavy atom. The zero-order valence-electron chi connectivity index (χ0n) is 11.4. The molecule has 1 aliphatic heterocycles. The van der Waals surface area contributed by atoms with Crippen LogP contribution in [0, 0.1) is 0 Å². The fourth-order valence-electron chi connectivity index (χ4n) is 2.09. The second-order valence-electron chi connectivity index (χ2n) is 4.23. The Morgan fingerprint density at radius 2 is 2.30 bits per heavy atom. The highest BCUT2D eigenvalue weighted by Crippen LogP contribution is 2.31. The summed E-state index contributed by atoms with van der Waals surface area (Å²) in [6.45, 7) is 5.65. The predicted octanol–water partition coefficient (Wildman–Crippen LogP) is 2.14. The van der Waals surface area contributed by atoms with Gasteiger partial charge >= 0.3 is 5.97 Å². The van der Waals surface area contributed by atoms with E-state index in [1.54, 1.807) is 31.2 Å². The van der Waals surface area contributed by atoms with Crippen LogP contribution in [0.15, 0.2) is 52.3 Å². The first-order valence-electron chi connectivity index (χ1n) is 6.07. The van der Waals surface area contributed by atoms with Crippen LogP contribution in [0.5, 0.6) is 0 Å². The topological polar surface area (TPSA) is 59.8 Å². The number of esters is 1. The third kappa shape index (κ3) is 2.30. The van der Waals surface area contributed by atoms with Crippen molar-refractivity contribution < 1.29 is 18.7 Å². The third-order valence-corrected chi connectivity index (χ3v) is 3.04. The quantitative estimate of drug-likeness (QED) is 0.479. The molecule has 20 heavy (non-hydrogen) atoms. The first-order chi connectivity index (χ1) is 9.60. The van der Waals surface area contributed by atoms with Gasteiger partial charge in [0.1, 0.15) is 5.76 Å². The number of carbonyl (C=O) groups excluding carboxylic acids is 2. The molecule has 0 saturated carbocycles. The first-order valence-corrected chi connectivity index (χ1v) is 6.07. The molecular weight excluding hydrogens is 258 g/mol. The number of amides is 1. The highest BCUT2D eigenvalue weighted by molar-refractivity contribution is 6.16. The average Bonchev–Trinajstić information content (AvgIpc) is 3.02. The molecule has 1 aliphatic rings. The van der Waals surface area contributed by atoms with Crippen LogP contribution >= 0.6 is 0 Å². The van der Waals surface area contributed by atoms with Crippen LogP contribution in [0.3, 0.4) is 0 Å². The molecular formula is C15H15NO4. The third-order valence-electron chi connectivity index (χ3n) is 3.04. The van der Waals surface area contributed by atoms with E-state index >= 15 is 0 Å². The number of furan rings is 1. The maximum absolute atomic E-state index is 12.4. The van der Waals surface area contributed by atoms with Crippen LogP contribution in [0.1, 0.15) is 12.7 Å². The predicted molar refractivity (Wildman–Crippen MR) is 73.3 cm³/mol. The van der Waals surface area contributed by atoms with Gasteiger partial charge < -0.3 is 14.1 Å². The molecule has 0 spiro atoms. The SMILES string of the molecule is C=CCN1C(=O)C(=Cc2ccco2)C(C(=O)OC)=C1C. The summed E-state index contributed by atoms with van der Waals surface area (Å²) in [5.41, 5.74) is 1.08. The number of hydrogen-bond donors (Lipinski definition) is 0. The molecule has 1 aromatic heterocycles. The van der Waals surface area contributed by atoms with Gasteiger partial charge in [0.05, 0.1) is 24.5 Å². The van der Waals surface area contributed by atoms with E-state index in [1.807, 2.05) is 0 Å². The molecule has 5 nitrogen and oxygen atoms in total. The molecule has 1 aromatic rings.